The Hall–Kier alpha value is -4.62. The van der Waals surface area contributed by atoms with E-state index < -0.39 is 32.1 Å². The summed E-state index contributed by atoms with van der Waals surface area (Å²) in [6, 6.07) is 26.6. The molecular formula is C38H40N4O6S2. The molecule has 2 heterocycles. The zero-order valence-electron chi connectivity index (χ0n) is 28.0. The van der Waals surface area contributed by atoms with E-state index in [-0.39, 0.29) is 21.6 Å². The topological polar surface area (TPSA) is 133 Å². The fourth-order valence-electron chi connectivity index (χ4n) is 6.52. The number of hydrogen-bond acceptors (Lipinski definition) is 6. The molecule has 0 radical (unpaired) electrons. The van der Waals surface area contributed by atoms with Crippen LogP contribution in [0.2, 0.25) is 0 Å². The van der Waals surface area contributed by atoms with Gasteiger partial charge in [0.2, 0.25) is 31.9 Å². The summed E-state index contributed by atoms with van der Waals surface area (Å²) in [5.41, 5.74) is 4.21. The van der Waals surface area contributed by atoms with Crippen LogP contribution in [0.15, 0.2) is 107 Å². The predicted octanol–water partition coefficient (Wildman–Crippen LogP) is 6.06. The second kappa shape index (κ2) is 14.7. The fourth-order valence-corrected chi connectivity index (χ4v) is 10.3. The standard InChI is InChI=1S/C38H40N4O6S2/c1-27-9-3-5-13-35(27)49(45,46)41-25-7-11-33(41)37(43)39-31-21-17-29(18-22-31)15-16-30-19-23-32(24-20-30)40-38(44)34-12-8-26-42(34)50(47,48)36-14-6-4-10-28(36)2/h3-6,9-10,13-24,33-34H,7-8,11-12,25-26H2,1-2H3,(H,39,43)(H,40,44)/t33-,34-/m0/s1. The van der Waals surface area contributed by atoms with E-state index in [9.17, 15) is 26.4 Å². The monoisotopic (exact) mass is 712 g/mol. The lowest BCUT2D eigenvalue weighted by atomic mass is 10.1. The maximum Gasteiger partial charge on any atom is 0.244 e. The minimum atomic E-state index is -3.81. The largest absolute Gasteiger partial charge is 0.325 e. The SMILES string of the molecule is Cc1ccccc1S(=O)(=O)N1CCC[C@H]1C(=O)Nc1ccc(C=Cc2ccc(NC(=O)[C@@H]3CCCN3S(=O)(=O)c3ccccc3C)cc2)cc1. The molecule has 2 saturated heterocycles. The molecule has 4 aromatic carbocycles. The van der Waals surface area contributed by atoms with Gasteiger partial charge in [-0.15, -0.1) is 0 Å². The van der Waals surface area contributed by atoms with E-state index in [0.29, 0.717) is 61.3 Å². The van der Waals surface area contributed by atoms with E-state index in [0.717, 1.165) is 11.1 Å². The molecule has 260 valence electrons. The van der Waals surface area contributed by atoms with E-state index in [1.165, 1.54) is 8.61 Å². The molecule has 12 heteroatoms. The molecule has 0 unspecified atom stereocenters. The highest BCUT2D eigenvalue weighted by Gasteiger charge is 2.41. The van der Waals surface area contributed by atoms with Gasteiger partial charge in [-0.3, -0.25) is 9.59 Å². The van der Waals surface area contributed by atoms with Crippen molar-refractivity contribution in [1.29, 1.82) is 0 Å². The zero-order valence-corrected chi connectivity index (χ0v) is 29.6. The average molecular weight is 713 g/mol. The molecule has 2 amide bonds. The summed E-state index contributed by atoms with van der Waals surface area (Å²) in [6.07, 6.45) is 5.96. The van der Waals surface area contributed by atoms with Crippen LogP contribution in [0, 0.1) is 13.8 Å². The maximum atomic E-state index is 13.4. The van der Waals surface area contributed by atoms with Crippen molar-refractivity contribution in [2.75, 3.05) is 23.7 Å². The van der Waals surface area contributed by atoms with Crippen LogP contribution < -0.4 is 10.6 Å². The first-order valence-corrected chi connectivity index (χ1v) is 19.5. The molecule has 10 nitrogen and oxygen atoms in total. The van der Waals surface area contributed by atoms with E-state index >= 15 is 0 Å². The zero-order chi connectivity index (χ0) is 35.5. The Morgan fingerprint density at radius 3 is 1.30 bits per heavy atom. The van der Waals surface area contributed by atoms with Crippen LogP contribution in [0.25, 0.3) is 12.2 Å². The summed E-state index contributed by atoms with van der Waals surface area (Å²) in [6.45, 7) is 4.09. The van der Waals surface area contributed by atoms with E-state index in [1.54, 1.807) is 86.6 Å². The van der Waals surface area contributed by atoms with Crippen LogP contribution in [0.5, 0.6) is 0 Å². The van der Waals surface area contributed by atoms with Gasteiger partial charge < -0.3 is 10.6 Å². The molecule has 6 rings (SSSR count). The Bertz CT molecular complexity index is 1980. The highest BCUT2D eigenvalue weighted by atomic mass is 32.2. The van der Waals surface area contributed by atoms with Gasteiger partial charge in [-0.2, -0.15) is 8.61 Å². The number of nitrogens with one attached hydrogen (secondary N) is 2. The van der Waals surface area contributed by atoms with Crippen LogP contribution in [0.1, 0.15) is 47.9 Å². The fraction of sp³-hybridized carbons (Fsp3) is 0.263. The van der Waals surface area contributed by atoms with Gasteiger partial charge in [0, 0.05) is 24.5 Å². The second-order valence-electron chi connectivity index (χ2n) is 12.6. The molecule has 4 aromatic rings. The third kappa shape index (κ3) is 7.43. The number of anilines is 2. The van der Waals surface area contributed by atoms with E-state index in [1.807, 2.05) is 36.4 Å². The van der Waals surface area contributed by atoms with E-state index in [4.69, 9.17) is 0 Å². The Kier molecular flexibility index (Phi) is 10.4. The molecule has 2 N–H and O–H groups in total. The van der Waals surface area contributed by atoms with Crippen molar-refractivity contribution in [3.63, 3.8) is 0 Å². The average Bonchev–Trinajstić information content (AvgIpc) is 3.81. The Morgan fingerprint density at radius 2 is 0.940 bits per heavy atom. The highest BCUT2D eigenvalue weighted by Crippen LogP contribution is 2.30. The van der Waals surface area contributed by atoms with Crippen LogP contribution in [-0.2, 0) is 29.6 Å². The molecule has 0 bridgehead atoms. The Morgan fingerprint density at radius 1 is 0.580 bits per heavy atom. The molecular weight excluding hydrogens is 673 g/mol. The van der Waals surface area contributed by atoms with Gasteiger partial charge in [-0.25, -0.2) is 16.8 Å². The summed E-state index contributed by atoms with van der Waals surface area (Å²) in [5, 5.41) is 5.75. The van der Waals surface area contributed by atoms with Crippen LogP contribution in [0.4, 0.5) is 11.4 Å². The smallest absolute Gasteiger partial charge is 0.244 e. The molecule has 2 aliphatic rings. The number of benzene rings is 4. The van der Waals surface area contributed by atoms with E-state index in [2.05, 4.69) is 10.6 Å². The van der Waals surface area contributed by atoms with Gasteiger partial charge in [-0.1, -0.05) is 72.8 Å². The van der Waals surface area contributed by atoms with Crippen molar-refractivity contribution >= 4 is 55.4 Å². The Labute approximate surface area is 293 Å². The van der Waals surface area contributed by atoms with Gasteiger partial charge in [0.25, 0.3) is 0 Å². The van der Waals surface area contributed by atoms with Gasteiger partial charge in [-0.05, 0) is 98.2 Å². The third-order valence-corrected chi connectivity index (χ3v) is 13.3. The quantitative estimate of drug-likeness (QED) is 0.192. The molecule has 0 aliphatic carbocycles. The summed E-state index contributed by atoms with van der Waals surface area (Å²) in [4.78, 5) is 26.8. The number of hydrogen-bond donors (Lipinski definition) is 2. The molecule has 2 atom stereocenters. The number of carbonyl (C=O) groups excluding carboxylic acids is 2. The lowest BCUT2D eigenvalue weighted by molar-refractivity contribution is -0.119. The van der Waals surface area contributed by atoms with Crippen LogP contribution in [-0.4, -0.2) is 62.4 Å². The first-order valence-electron chi connectivity index (χ1n) is 16.6. The molecule has 2 aliphatic heterocycles. The first kappa shape index (κ1) is 35.2. The van der Waals surface area contributed by atoms with Gasteiger partial charge in [0.15, 0.2) is 0 Å². The summed E-state index contributed by atoms with van der Waals surface area (Å²) < 4.78 is 56.1. The van der Waals surface area contributed by atoms with Crippen molar-refractivity contribution < 1.29 is 26.4 Å². The normalized spacial score (nSPS) is 18.8. The van der Waals surface area contributed by atoms with Crippen molar-refractivity contribution in [2.45, 2.75) is 61.4 Å². The van der Waals surface area contributed by atoms with Crippen molar-refractivity contribution in [3.05, 3.63) is 119 Å². The molecule has 0 saturated carbocycles. The lowest BCUT2D eigenvalue weighted by Gasteiger charge is -2.24. The first-order chi connectivity index (χ1) is 23.9. The van der Waals surface area contributed by atoms with Crippen LogP contribution in [0.3, 0.4) is 0 Å². The number of amides is 2. The highest BCUT2D eigenvalue weighted by molar-refractivity contribution is 7.89. The van der Waals surface area contributed by atoms with Crippen LogP contribution >= 0.6 is 0 Å². The summed E-state index contributed by atoms with van der Waals surface area (Å²) in [7, 11) is -7.62. The Balaban J connectivity index is 1.04. The van der Waals surface area contributed by atoms with Crippen molar-refractivity contribution in [3.8, 4) is 0 Å². The number of sulfonamides is 2. The summed E-state index contributed by atoms with van der Waals surface area (Å²) in [5.74, 6) is -0.715. The maximum absolute atomic E-state index is 13.4. The third-order valence-electron chi connectivity index (χ3n) is 9.20. The number of rotatable bonds is 10. The molecule has 0 spiro atoms. The molecule has 0 aromatic heterocycles. The second-order valence-corrected chi connectivity index (χ2v) is 16.4. The van der Waals surface area contributed by atoms with Gasteiger partial charge in [0.1, 0.15) is 12.1 Å². The van der Waals surface area contributed by atoms with Crippen molar-refractivity contribution in [2.24, 2.45) is 0 Å². The van der Waals surface area contributed by atoms with Gasteiger partial charge in [0.05, 0.1) is 9.79 Å². The summed E-state index contributed by atoms with van der Waals surface area (Å²) >= 11 is 0. The minimum absolute atomic E-state index is 0.220. The molecule has 50 heavy (non-hydrogen) atoms. The number of nitrogens with zero attached hydrogens (tertiary/aromatic N) is 2. The lowest BCUT2D eigenvalue weighted by Crippen LogP contribution is -2.43. The predicted molar refractivity (Wildman–Crippen MR) is 195 cm³/mol. The van der Waals surface area contributed by atoms with Gasteiger partial charge >= 0.3 is 0 Å². The van der Waals surface area contributed by atoms with Crippen molar-refractivity contribution in [1.82, 2.24) is 8.61 Å². The number of aryl methyl sites for hydroxylation is 2. The minimum Gasteiger partial charge on any atom is -0.325 e. The number of carbonyl (C=O) groups is 2. The molecule has 2 fully saturated rings.